The number of benzene rings is 1. The summed E-state index contributed by atoms with van der Waals surface area (Å²) in [4.78, 5) is 18.5. The molecule has 1 aromatic carbocycles. The minimum absolute atomic E-state index is 0.260. The summed E-state index contributed by atoms with van der Waals surface area (Å²) in [5.74, 6) is -0.260. The molecular weight excluding hydrogens is 438 g/mol. The highest BCUT2D eigenvalue weighted by atomic mass is 32.1. The maximum atomic E-state index is 12.6. The quantitative estimate of drug-likeness (QED) is 0.384. The molecule has 32 heavy (non-hydrogen) atoms. The van der Waals surface area contributed by atoms with Gasteiger partial charge in [-0.25, -0.2) is 4.79 Å². The van der Waals surface area contributed by atoms with E-state index in [0.717, 1.165) is 57.0 Å². The lowest BCUT2D eigenvalue weighted by molar-refractivity contribution is 0.0601. The molecule has 1 aromatic heterocycles. The average Bonchev–Trinajstić information content (AvgIpc) is 2.99. The van der Waals surface area contributed by atoms with Gasteiger partial charge in [0.15, 0.2) is 5.11 Å². The number of rotatable bonds is 5. The average molecular weight is 470 g/mol. The number of methoxy groups -OCH3 is 1. The molecular formula is C25H31N3O2S2. The molecule has 5 nitrogen and oxygen atoms in total. The lowest BCUT2D eigenvalue weighted by Crippen LogP contribution is -2.49. The Morgan fingerprint density at radius 2 is 1.88 bits per heavy atom. The number of thiocarbonyl (C=S) groups is 1. The fraction of sp³-hybridized carbons (Fsp3) is 0.440. The molecule has 4 rings (SSSR count). The number of ether oxygens (including phenoxy) is 1. The third-order valence-electron chi connectivity index (χ3n) is 6.16. The lowest BCUT2D eigenvalue weighted by Gasteiger charge is -2.35. The zero-order valence-corrected chi connectivity index (χ0v) is 20.3. The predicted molar refractivity (Wildman–Crippen MR) is 137 cm³/mol. The molecule has 7 heteroatoms. The third-order valence-corrected chi connectivity index (χ3v) is 7.73. The second-order valence-electron chi connectivity index (χ2n) is 8.29. The van der Waals surface area contributed by atoms with Gasteiger partial charge < -0.3 is 15.0 Å². The number of piperazine rings is 1. The second kappa shape index (κ2) is 11.1. The summed E-state index contributed by atoms with van der Waals surface area (Å²) in [6.07, 6.45) is 9.90. The van der Waals surface area contributed by atoms with Crippen LogP contribution >= 0.6 is 23.6 Å². The molecule has 0 unspecified atom stereocenters. The van der Waals surface area contributed by atoms with Crippen molar-refractivity contribution < 1.29 is 9.53 Å². The fourth-order valence-corrected chi connectivity index (χ4v) is 5.99. The van der Waals surface area contributed by atoms with Crippen LogP contribution in [0.1, 0.15) is 45.6 Å². The normalized spacial score (nSPS) is 17.1. The van der Waals surface area contributed by atoms with Crippen molar-refractivity contribution in [3.05, 3.63) is 58.0 Å². The minimum atomic E-state index is -0.260. The number of fused-ring (bicyclic) bond motifs is 1. The van der Waals surface area contributed by atoms with Gasteiger partial charge in [-0.15, -0.1) is 11.3 Å². The Balaban J connectivity index is 1.34. The molecule has 170 valence electrons. The predicted octanol–water partition coefficient (Wildman–Crippen LogP) is 4.83. The highest BCUT2D eigenvalue weighted by Gasteiger charge is 2.27. The molecule has 0 bridgehead atoms. The van der Waals surface area contributed by atoms with Gasteiger partial charge >= 0.3 is 5.97 Å². The summed E-state index contributed by atoms with van der Waals surface area (Å²) in [6.45, 7) is 4.62. The number of thiophene rings is 1. The Kier molecular flexibility index (Phi) is 7.95. The summed E-state index contributed by atoms with van der Waals surface area (Å²) >= 11 is 7.41. The monoisotopic (exact) mass is 469 g/mol. The molecule has 0 amide bonds. The van der Waals surface area contributed by atoms with Crippen LogP contribution < -0.4 is 5.32 Å². The van der Waals surface area contributed by atoms with E-state index in [-0.39, 0.29) is 5.97 Å². The van der Waals surface area contributed by atoms with Gasteiger partial charge in [0.1, 0.15) is 5.00 Å². The van der Waals surface area contributed by atoms with Gasteiger partial charge in [-0.2, -0.15) is 0 Å². The van der Waals surface area contributed by atoms with Crippen molar-refractivity contribution in [3.63, 3.8) is 0 Å². The summed E-state index contributed by atoms with van der Waals surface area (Å²) in [5, 5.41) is 4.94. The fourth-order valence-electron chi connectivity index (χ4n) is 4.36. The molecule has 0 saturated carbocycles. The van der Waals surface area contributed by atoms with Crippen molar-refractivity contribution in [2.75, 3.05) is 45.2 Å². The van der Waals surface area contributed by atoms with Gasteiger partial charge in [0, 0.05) is 37.6 Å². The first-order valence-electron chi connectivity index (χ1n) is 11.4. The van der Waals surface area contributed by atoms with E-state index in [0.29, 0.717) is 10.7 Å². The summed E-state index contributed by atoms with van der Waals surface area (Å²) in [5.41, 5.74) is 3.09. The smallest absolute Gasteiger partial charge is 0.341 e. The largest absolute Gasteiger partial charge is 0.465 e. The highest BCUT2D eigenvalue weighted by Crippen LogP contribution is 2.38. The van der Waals surface area contributed by atoms with Crippen molar-refractivity contribution in [1.82, 2.24) is 9.80 Å². The number of hydrogen-bond donors (Lipinski definition) is 1. The van der Waals surface area contributed by atoms with Crippen LogP contribution in [0.3, 0.4) is 0 Å². The molecule has 0 atom stereocenters. The lowest BCUT2D eigenvalue weighted by atomic mass is 10.1. The van der Waals surface area contributed by atoms with Gasteiger partial charge in [0.05, 0.1) is 12.7 Å². The Bertz CT molecular complexity index is 963. The molecule has 0 spiro atoms. The second-order valence-corrected chi connectivity index (χ2v) is 9.78. The number of aryl methyl sites for hydroxylation is 1. The first-order chi connectivity index (χ1) is 15.7. The molecule has 2 aliphatic rings. The van der Waals surface area contributed by atoms with Crippen LogP contribution in [0.5, 0.6) is 0 Å². The highest BCUT2D eigenvalue weighted by molar-refractivity contribution is 7.80. The zero-order chi connectivity index (χ0) is 22.3. The van der Waals surface area contributed by atoms with Crippen molar-refractivity contribution in [1.29, 1.82) is 0 Å². The van der Waals surface area contributed by atoms with Crippen LogP contribution in [0.15, 0.2) is 36.4 Å². The number of carbonyl (C=O) groups is 1. The number of hydrogen-bond acceptors (Lipinski definition) is 5. The van der Waals surface area contributed by atoms with E-state index in [1.807, 2.05) is 6.07 Å². The number of nitrogens with zero attached hydrogens (tertiary/aromatic N) is 2. The molecule has 0 radical (unpaired) electrons. The van der Waals surface area contributed by atoms with Crippen LogP contribution in [-0.4, -0.2) is 60.7 Å². The molecule has 1 aliphatic carbocycles. The van der Waals surface area contributed by atoms with Gasteiger partial charge in [-0.3, -0.25) is 4.90 Å². The zero-order valence-electron chi connectivity index (χ0n) is 18.6. The van der Waals surface area contributed by atoms with Crippen LogP contribution in [0.4, 0.5) is 5.00 Å². The summed E-state index contributed by atoms with van der Waals surface area (Å²) in [6, 6.07) is 10.4. The molecule has 1 aliphatic heterocycles. The van der Waals surface area contributed by atoms with Gasteiger partial charge in [0.25, 0.3) is 0 Å². The van der Waals surface area contributed by atoms with Gasteiger partial charge in [-0.05, 0) is 49.0 Å². The molecule has 2 heterocycles. The summed E-state index contributed by atoms with van der Waals surface area (Å²) in [7, 11) is 1.46. The Morgan fingerprint density at radius 1 is 1.12 bits per heavy atom. The van der Waals surface area contributed by atoms with Crippen molar-refractivity contribution in [2.24, 2.45) is 0 Å². The first-order valence-corrected chi connectivity index (χ1v) is 12.6. The van der Waals surface area contributed by atoms with Crippen molar-refractivity contribution in [2.45, 2.75) is 32.1 Å². The number of nitrogens with one attached hydrogen (secondary N) is 1. The Hall–Kier alpha value is -2.22. The van der Waals surface area contributed by atoms with Crippen LogP contribution in [0.2, 0.25) is 0 Å². The van der Waals surface area contributed by atoms with Gasteiger partial charge in [0.2, 0.25) is 0 Å². The van der Waals surface area contributed by atoms with E-state index in [9.17, 15) is 4.79 Å². The molecule has 1 N–H and O–H groups in total. The van der Waals surface area contributed by atoms with E-state index >= 15 is 0 Å². The van der Waals surface area contributed by atoms with Crippen LogP contribution in [-0.2, 0) is 17.6 Å². The van der Waals surface area contributed by atoms with E-state index in [1.54, 1.807) is 11.3 Å². The van der Waals surface area contributed by atoms with E-state index < -0.39 is 0 Å². The van der Waals surface area contributed by atoms with Crippen molar-refractivity contribution in [3.8, 4) is 0 Å². The van der Waals surface area contributed by atoms with Crippen molar-refractivity contribution >= 4 is 45.7 Å². The molecule has 1 fully saturated rings. The Labute approximate surface area is 200 Å². The summed E-state index contributed by atoms with van der Waals surface area (Å²) < 4.78 is 5.11. The number of esters is 1. The maximum Gasteiger partial charge on any atom is 0.341 e. The van der Waals surface area contributed by atoms with E-state index in [2.05, 4.69) is 51.5 Å². The third kappa shape index (κ3) is 5.57. The maximum absolute atomic E-state index is 12.6. The SMILES string of the molecule is COC(=O)c1c(NC(=S)N2CCN(C/C=C/c3ccccc3)CC2)sc2c1CCCCC2. The Morgan fingerprint density at radius 3 is 2.62 bits per heavy atom. The number of anilines is 1. The van der Waals surface area contributed by atoms with Crippen LogP contribution in [0, 0.1) is 0 Å². The first kappa shape index (κ1) is 23.0. The number of carbonyl (C=O) groups excluding carboxylic acids is 1. The molecule has 2 aromatic rings. The topological polar surface area (TPSA) is 44.8 Å². The standard InChI is InChI=1S/C25H31N3O2S2/c1-30-24(29)22-20-12-6-3-7-13-21(20)32-23(22)26-25(31)28-17-15-27(16-18-28)14-8-11-19-9-4-2-5-10-19/h2,4-5,8-11H,3,6-7,12-18H2,1H3,(H,26,31)/b11-8+. The van der Waals surface area contributed by atoms with Gasteiger partial charge in [-0.1, -0.05) is 48.9 Å². The van der Waals surface area contributed by atoms with Crippen LogP contribution in [0.25, 0.3) is 6.08 Å². The van der Waals surface area contributed by atoms with E-state index in [4.69, 9.17) is 17.0 Å². The minimum Gasteiger partial charge on any atom is -0.465 e. The van der Waals surface area contributed by atoms with E-state index in [1.165, 1.54) is 36.0 Å². The molecule has 1 saturated heterocycles.